The van der Waals surface area contributed by atoms with Crippen LogP contribution >= 0.6 is 0 Å². The van der Waals surface area contributed by atoms with Crippen molar-refractivity contribution in [2.24, 2.45) is 0 Å². The van der Waals surface area contributed by atoms with Gasteiger partial charge in [0.25, 0.3) is 0 Å². The average molecular weight is 212 g/mol. The van der Waals surface area contributed by atoms with Crippen LogP contribution in [0.1, 0.15) is 31.1 Å². The number of benzene rings is 1. The summed E-state index contributed by atoms with van der Waals surface area (Å²) in [4.78, 5) is 11.5. The molecule has 0 aliphatic heterocycles. The highest BCUT2D eigenvalue weighted by Crippen LogP contribution is 2.21. The van der Waals surface area contributed by atoms with Gasteiger partial charge in [-0.1, -0.05) is 0 Å². The van der Waals surface area contributed by atoms with E-state index in [4.69, 9.17) is 4.74 Å². The second-order valence-electron chi connectivity index (χ2n) is 4.16. The summed E-state index contributed by atoms with van der Waals surface area (Å²) in [5, 5.41) is 9.32. The zero-order valence-corrected chi connectivity index (χ0v) is 8.87. The minimum Gasteiger partial charge on any atom is -0.507 e. The van der Waals surface area contributed by atoms with Gasteiger partial charge >= 0.3 is 5.97 Å². The maximum atomic E-state index is 12.6. The molecule has 0 saturated carbocycles. The van der Waals surface area contributed by atoms with Gasteiger partial charge in [-0.3, -0.25) is 0 Å². The van der Waals surface area contributed by atoms with Gasteiger partial charge in [0.15, 0.2) is 0 Å². The molecule has 0 aliphatic rings. The summed E-state index contributed by atoms with van der Waals surface area (Å²) in [6, 6.07) is 3.16. The van der Waals surface area contributed by atoms with Crippen LogP contribution in [0, 0.1) is 5.82 Å². The van der Waals surface area contributed by atoms with Crippen molar-refractivity contribution in [1.82, 2.24) is 0 Å². The number of rotatable bonds is 1. The summed E-state index contributed by atoms with van der Waals surface area (Å²) in [5.74, 6) is -1.68. The molecule has 0 unspecified atom stereocenters. The van der Waals surface area contributed by atoms with Crippen LogP contribution in [0.5, 0.6) is 5.75 Å². The SMILES string of the molecule is CC(C)(C)OC(=O)c1ccc(F)cc1O. The zero-order chi connectivity index (χ0) is 11.6. The number of carbonyl (C=O) groups is 1. The van der Waals surface area contributed by atoms with Crippen molar-refractivity contribution < 1.29 is 19.0 Å². The van der Waals surface area contributed by atoms with E-state index in [0.717, 1.165) is 12.1 Å². The molecule has 15 heavy (non-hydrogen) atoms. The highest BCUT2D eigenvalue weighted by molar-refractivity contribution is 5.92. The Balaban J connectivity index is 2.92. The minimum absolute atomic E-state index is 0.0358. The lowest BCUT2D eigenvalue weighted by Crippen LogP contribution is -2.23. The molecule has 0 amide bonds. The lowest BCUT2D eigenvalue weighted by Gasteiger charge is -2.19. The molecule has 0 atom stereocenters. The molecule has 1 aromatic carbocycles. The van der Waals surface area contributed by atoms with E-state index in [1.807, 2.05) is 0 Å². The highest BCUT2D eigenvalue weighted by Gasteiger charge is 2.20. The topological polar surface area (TPSA) is 46.5 Å². The third kappa shape index (κ3) is 3.23. The largest absolute Gasteiger partial charge is 0.507 e. The first-order valence-electron chi connectivity index (χ1n) is 4.51. The Labute approximate surface area is 87.5 Å². The standard InChI is InChI=1S/C11H13FO3/c1-11(2,3)15-10(14)8-5-4-7(12)6-9(8)13/h4-6,13H,1-3H3. The van der Waals surface area contributed by atoms with Crippen molar-refractivity contribution in [2.45, 2.75) is 26.4 Å². The summed E-state index contributed by atoms with van der Waals surface area (Å²) in [7, 11) is 0. The van der Waals surface area contributed by atoms with E-state index in [1.54, 1.807) is 20.8 Å². The molecule has 0 bridgehead atoms. The van der Waals surface area contributed by atoms with Gasteiger partial charge in [-0.15, -0.1) is 0 Å². The molecule has 4 heteroatoms. The highest BCUT2D eigenvalue weighted by atomic mass is 19.1. The van der Waals surface area contributed by atoms with E-state index in [-0.39, 0.29) is 5.56 Å². The Hall–Kier alpha value is -1.58. The van der Waals surface area contributed by atoms with Gasteiger partial charge in [-0.05, 0) is 32.9 Å². The molecule has 0 heterocycles. The fourth-order valence-electron chi connectivity index (χ4n) is 1.01. The van der Waals surface area contributed by atoms with Crippen molar-refractivity contribution >= 4 is 5.97 Å². The Morgan fingerprint density at radius 3 is 2.47 bits per heavy atom. The Kier molecular flexibility index (Phi) is 2.98. The van der Waals surface area contributed by atoms with Crippen molar-refractivity contribution in [2.75, 3.05) is 0 Å². The first kappa shape index (κ1) is 11.5. The van der Waals surface area contributed by atoms with Crippen LogP contribution < -0.4 is 0 Å². The molecular formula is C11H13FO3. The van der Waals surface area contributed by atoms with Crippen LogP contribution in [0.4, 0.5) is 4.39 Å². The lowest BCUT2D eigenvalue weighted by atomic mass is 10.1. The van der Waals surface area contributed by atoms with Crippen LogP contribution in [-0.2, 0) is 4.74 Å². The molecule has 0 radical (unpaired) electrons. The van der Waals surface area contributed by atoms with Gasteiger partial charge in [-0.25, -0.2) is 9.18 Å². The fraction of sp³-hybridized carbons (Fsp3) is 0.364. The smallest absolute Gasteiger partial charge is 0.342 e. The monoisotopic (exact) mass is 212 g/mol. The van der Waals surface area contributed by atoms with Crippen molar-refractivity contribution in [1.29, 1.82) is 0 Å². The average Bonchev–Trinajstić information content (AvgIpc) is 1.99. The van der Waals surface area contributed by atoms with Gasteiger partial charge in [0.1, 0.15) is 22.7 Å². The predicted molar refractivity (Wildman–Crippen MR) is 53.2 cm³/mol. The predicted octanol–water partition coefficient (Wildman–Crippen LogP) is 2.49. The van der Waals surface area contributed by atoms with Gasteiger partial charge in [0.05, 0.1) is 0 Å². The summed E-state index contributed by atoms with van der Waals surface area (Å²) in [6.07, 6.45) is 0. The van der Waals surface area contributed by atoms with E-state index in [9.17, 15) is 14.3 Å². The first-order valence-corrected chi connectivity index (χ1v) is 4.51. The maximum Gasteiger partial charge on any atom is 0.342 e. The van der Waals surface area contributed by atoms with Gasteiger partial charge < -0.3 is 9.84 Å². The van der Waals surface area contributed by atoms with Crippen molar-refractivity contribution in [3.05, 3.63) is 29.6 Å². The second kappa shape index (κ2) is 3.88. The fourth-order valence-corrected chi connectivity index (χ4v) is 1.01. The van der Waals surface area contributed by atoms with Crippen molar-refractivity contribution in [3.8, 4) is 5.75 Å². The van der Waals surface area contributed by atoms with Gasteiger partial charge in [0, 0.05) is 6.07 Å². The Morgan fingerprint density at radius 1 is 1.40 bits per heavy atom. The van der Waals surface area contributed by atoms with E-state index < -0.39 is 23.1 Å². The van der Waals surface area contributed by atoms with E-state index in [1.165, 1.54) is 6.07 Å². The van der Waals surface area contributed by atoms with Gasteiger partial charge in [-0.2, -0.15) is 0 Å². The summed E-state index contributed by atoms with van der Waals surface area (Å²) >= 11 is 0. The molecular weight excluding hydrogens is 199 g/mol. The third-order valence-electron chi connectivity index (χ3n) is 1.58. The summed E-state index contributed by atoms with van der Waals surface area (Å²) < 4.78 is 17.7. The summed E-state index contributed by atoms with van der Waals surface area (Å²) in [5.41, 5.74) is -0.677. The zero-order valence-electron chi connectivity index (χ0n) is 8.87. The summed E-state index contributed by atoms with van der Waals surface area (Å²) in [6.45, 7) is 5.14. The quantitative estimate of drug-likeness (QED) is 0.727. The number of phenols is 1. The molecule has 1 N–H and O–H groups in total. The molecule has 0 fully saturated rings. The van der Waals surface area contributed by atoms with E-state index in [2.05, 4.69) is 0 Å². The van der Waals surface area contributed by atoms with Crippen LogP contribution in [0.2, 0.25) is 0 Å². The normalized spacial score (nSPS) is 11.2. The Bertz CT molecular complexity index is 380. The molecule has 82 valence electrons. The molecule has 0 aliphatic carbocycles. The number of hydrogen-bond donors (Lipinski definition) is 1. The molecule has 3 nitrogen and oxygen atoms in total. The molecule has 1 aromatic rings. The van der Waals surface area contributed by atoms with Crippen molar-refractivity contribution in [3.63, 3.8) is 0 Å². The molecule has 1 rings (SSSR count). The lowest BCUT2D eigenvalue weighted by molar-refractivity contribution is 0.00668. The number of phenolic OH excluding ortho intramolecular Hbond substituents is 1. The van der Waals surface area contributed by atoms with E-state index >= 15 is 0 Å². The number of ether oxygens (including phenoxy) is 1. The number of esters is 1. The maximum absolute atomic E-state index is 12.6. The number of hydrogen-bond acceptors (Lipinski definition) is 3. The molecule has 0 saturated heterocycles. The van der Waals surface area contributed by atoms with Crippen LogP contribution in [0.25, 0.3) is 0 Å². The number of halogens is 1. The Morgan fingerprint density at radius 2 is 2.00 bits per heavy atom. The second-order valence-corrected chi connectivity index (χ2v) is 4.16. The molecule has 0 aromatic heterocycles. The third-order valence-corrected chi connectivity index (χ3v) is 1.58. The number of aromatic hydroxyl groups is 1. The molecule has 0 spiro atoms. The van der Waals surface area contributed by atoms with Gasteiger partial charge in [0.2, 0.25) is 0 Å². The van der Waals surface area contributed by atoms with E-state index in [0.29, 0.717) is 0 Å². The minimum atomic E-state index is -0.667. The number of carbonyl (C=O) groups excluding carboxylic acids is 1. The van der Waals surface area contributed by atoms with Crippen LogP contribution in [0.15, 0.2) is 18.2 Å². The van der Waals surface area contributed by atoms with Crippen LogP contribution in [-0.4, -0.2) is 16.7 Å². The van der Waals surface area contributed by atoms with Crippen LogP contribution in [0.3, 0.4) is 0 Å². The first-order chi connectivity index (χ1) is 6.79.